The summed E-state index contributed by atoms with van der Waals surface area (Å²) in [5.74, 6) is 1.47. The van der Waals surface area contributed by atoms with Gasteiger partial charge in [-0.3, -0.25) is 4.79 Å². The van der Waals surface area contributed by atoms with E-state index in [-0.39, 0.29) is 17.6 Å². The largest absolute Gasteiger partial charge is 0.369 e. The third kappa shape index (κ3) is 3.07. The zero-order chi connectivity index (χ0) is 19.0. The summed E-state index contributed by atoms with van der Waals surface area (Å²) in [6.45, 7) is 2.38. The molecule has 2 bridgehead atoms. The normalized spacial score (nSPS) is 30.7. The summed E-state index contributed by atoms with van der Waals surface area (Å²) in [6.07, 6.45) is 9.43. The second-order valence-electron chi connectivity index (χ2n) is 7.95. The summed E-state index contributed by atoms with van der Waals surface area (Å²) >= 11 is 0. The first-order valence-electron chi connectivity index (χ1n) is 9.94. The number of aromatic nitrogens is 2. The fourth-order valence-electron chi connectivity index (χ4n) is 5.08. The first-order valence-corrected chi connectivity index (χ1v) is 9.94. The van der Waals surface area contributed by atoms with E-state index in [0.717, 1.165) is 37.4 Å². The Morgan fingerprint density at radius 1 is 1.25 bits per heavy atom. The Morgan fingerprint density at radius 2 is 2.07 bits per heavy atom. The molecule has 1 spiro atoms. The number of carbonyl (C=O) groups is 1. The van der Waals surface area contributed by atoms with Crippen LogP contribution in [0.25, 0.3) is 6.08 Å². The first-order chi connectivity index (χ1) is 13.7. The van der Waals surface area contributed by atoms with Crippen LogP contribution < -0.4 is 10.2 Å². The number of carbonyl (C=O) groups excluding carboxylic acids is 1. The van der Waals surface area contributed by atoms with Gasteiger partial charge in [0.15, 0.2) is 0 Å². The predicted octanol–water partition coefficient (Wildman–Crippen LogP) is 2.29. The van der Waals surface area contributed by atoms with Crippen LogP contribution in [0.2, 0.25) is 0 Å². The van der Waals surface area contributed by atoms with Crippen LogP contribution >= 0.6 is 0 Å². The molecular formula is C22H24N4O2. The lowest BCUT2D eigenvalue weighted by molar-refractivity contribution is -0.116. The summed E-state index contributed by atoms with van der Waals surface area (Å²) in [5, 5.41) is 3.09. The van der Waals surface area contributed by atoms with Gasteiger partial charge in [0, 0.05) is 43.4 Å². The van der Waals surface area contributed by atoms with Crippen LogP contribution in [0.3, 0.4) is 0 Å². The maximum absolute atomic E-state index is 12.3. The van der Waals surface area contributed by atoms with E-state index in [9.17, 15) is 4.79 Å². The molecule has 5 rings (SSSR count). The molecule has 3 saturated heterocycles. The quantitative estimate of drug-likeness (QED) is 0.811. The molecule has 3 aliphatic rings. The van der Waals surface area contributed by atoms with Crippen molar-refractivity contribution in [3.8, 4) is 0 Å². The highest BCUT2D eigenvalue weighted by molar-refractivity contribution is 5.91. The van der Waals surface area contributed by atoms with Crippen molar-refractivity contribution < 1.29 is 9.53 Å². The van der Waals surface area contributed by atoms with Gasteiger partial charge < -0.3 is 15.0 Å². The molecule has 0 radical (unpaired) electrons. The molecule has 0 aliphatic carbocycles. The van der Waals surface area contributed by atoms with Gasteiger partial charge in [-0.15, -0.1) is 0 Å². The molecule has 0 unspecified atom stereocenters. The molecule has 1 aromatic carbocycles. The van der Waals surface area contributed by atoms with Crippen molar-refractivity contribution >= 4 is 17.9 Å². The Hall–Kier alpha value is -2.73. The number of hydrogen-bond acceptors (Lipinski definition) is 5. The second kappa shape index (κ2) is 7.02. The van der Waals surface area contributed by atoms with E-state index >= 15 is 0 Å². The van der Waals surface area contributed by atoms with Gasteiger partial charge in [-0.25, -0.2) is 9.97 Å². The van der Waals surface area contributed by atoms with Crippen LogP contribution in [0.15, 0.2) is 54.9 Å². The zero-order valence-electron chi connectivity index (χ0n) is 15.7. The van der Waals surface area contributed by atoms with E-state index in [1.165, 1.54) is 0 Å². The molecule has 6 heteroatoms. The van der Waals surface area contributed by atoms with Crippen LogP contribution in [-0.4, -0.2) is 47.2 Å². The summed E-state index contributed by atoms with van der Waals surface area (Å²) in [5.41, 5.74) is 0.924. The maximum Gasteiger partial charge on any atom is 0.244 e. The highest BCUT2D eigenvalue weighted by Gasteiger charge is 2.63. The highest BCUT2D eigenvalue weighted by atomic mass is 16.5. The number of hydrogen-bond donors (Lipinski definition) is 1. The van der Waals surface area contributed by atoms with Crippen molar-refractivity contribution in [1.82, 2.24) is 15.3 Å². The lowest BCUT2D eigenvalue weighted by Crippen LogP contribution is -2.41. The molecule has 1 N–H and O–H groups in total. The molecule has 144 valence electrons. The minimum absolute atomic E-state index is 0.0538. The summed E-state index contributed by atoms with van der Waals surface area (Å²) in [4.78, 5) is 23.3. The van der Waals surface area contributed by atoms with Gasteiger partial charge in [0.05, 0.1) is 18.2 Å². The van der Waals surface area contributed by atoms with Crippen LogP contribution in [0, 0.1) is 11.8 Å². The molecule has 1 aromatic heterocycles. The molecular weight excluding hydrogens is 352 g/mol. The Balaban J connectivity index is 1.23. The van der Waals surface area contributed by atoms with Crippen LogP contribution in [0.5, 0.6) is 0 Å². The third-order valence-electron chi connectivity index (χ3n) is 6.36. The van der Waals surface area contributed by atoms with E-state index in [0.29, 0.717) is 18.4 Å². The van der Waals surface area contributed by atoms with Gasteiger partial charge in [0.2, 0.25) is 11.9 Å². The lowest BCUT2D eigenvalue weighted by Gasteiger charge is -2.29. The third-order valence-corrected chi connectivity index (χ3v) is 6.36. The molecule has 3 fully saturated rings. The van der Waals surface area contributed by atoms with Crippen molar-refractivity contribution in [1.29, 1.82) is 0 Å². The van der Waals surface area contributed by atoms with E-state index < -0.39 is 0 Å². The van der Waals surface area contributed by atoms with Gasteiger partial charge in [0.25, 0.3) is 0 Å². The molecule has 2 aromatic rings. The van der Waals surface area contributed by atoms with Crippen LogP contribution in [0.4, 0.5) is 5.95 Å². The van der Waals surface area contributed by atoms with Gasteiger partial charge in [0.1, 0.15) is 0 Å². The van der Waals surface area contributed by atoms with Crippen molar-refractivity contribution in [2.75, 3.05) is 24.5 Å². The highest BCUT2D eigenvalue weighted by Crippen LogP contribution is 2.54. The average molecular weight is 376 g/mol. The molecule has 4 atom stereocenters. The Labute approximate surface area is 164 Å². The van der Waals surface area contributed by atoms with Crippen LogP contribution in [-0.2, 0) is 9.53 Å². The number of amides is 1. The van der Waals surface area contributed by atoms with E-state index in [1.807, 2.05) is 42.5 Å². The zero-order valence-corrected chi connectivity index (χ0v) is 15.7. The Kier molecular flexibility index (Phi) is 4.36. The number of nitrogens with one attached hydrogen (secondary N) is 1. The number of benzene rings is 1. The standard InChI is InChI=1S/C22H24N4O2/c27-20(8-7-16-5-2-1-3-6-16)25-13-17-18-14-26(21-23-11-4-12-24-21)15-22(18)10-9-19(17)28-22/h1-8,11-12,17-19H,9-10,13-15H2,(H,25,27)/b8-7+/t17-,18+,19+,22+/m0/s1. The molecule has 3 aliphatic heterocycles. The summed E-state index contributed by atoms with van der Waals surface area (Å²) in [6, 6.07) is 11.7. The summed E-state index contributed by atoms with van der Waals surface area (Å²) < 4.78 is 6.44. The van der Waals surface area contributed by atoms with Crippen LogP contribution in [0.1, 0.15) is 18.4 Å². The van der Waals surface area contributed by atoms with Crippen molar-refractivity contribution in [2.24, 2.45) is 11.8 Å². The number of anilines is 1. The number of nitrogens with zero attached hydrogens (tertiary/aromatic N) is 3. The van der Waals surface area contributed by atoms with Gasteiger partial charge in [-0.05, 0) is 30.5 Å². The van der Waals surface area contributed by atoms with E-state index in [2.05, 4.69) is 20.2 Å². The molecule has 0 saturated carbocycles. The smallest absolute Gasteiger partial charge is 0.244 e. The number of fused-ring (bicyclic) bond motifs is 1. The fraction of sp³-hybridized carbons (Fsp3) is 0.409. The minimum atomic E-state index is -0.0981. The first kappa shape index (κ1) is 17.4. The lowest BCUT2D eigenvalue weighted by atomic mass is 9.73. The van der Waals surface area contributed by atoms with Gasteiger partial charge in [-0.2, -0.15) is 0 Å². The van der Waals surface area contributed by atoms with Gasteiger partial charge >= 0.3 is 0 Å². The number of rotatable bonds is 5. The number of ether oxygens (including phenoxy) is 1. The Morgan fingerprint density at radius 3 is 2.89 bits per heavy atom. The molecule has 1 amide bonds. The fourth-order valence-corrected chi connectivity index (χ4v) is 5.08. The van der Waals surface area contributed by atoms with Gasteiger partial charge in [-0.1, -0.05) is 30.3 Å². The van der Waals surface area contributed by atoms with Crippen molar-refractivity contribution in [3.63, 3.8) is 0 Å². The maximum atomic E-state index is 12.3. The summed E-state index contributed by atoms with van der Waals surface area (Å²) in [7, 11) is 0. The second-order valence-corrected chi connectivity index (χ2v) is 7.95. The Bertz CT molecular complexity index is 873. The van der Waals surface area contributed by atoms with E-state index in [4.69, 9.17) is 4.74 Å². The monoisotopic (exact) mass is 376 g/mol. The molecule has 28 heavy (non-hydrogen) atoms. The topological polar surface area (TPSA) is 67.4 Å². The average Bonchev–Trinajstić information content (AvgIpc) is 3.41. The van der Waals surface area contributed by atoms with Crippen molar-refractivity contribution in [3.05, 3.63) is 60.4 Å². The van der Waals surface area contributed by atoms with E-state index in [1.54, 1.807) is 18.5 Å². The molecule has 6 nitrogen and oxygen atoms in total. The predicted molar refractivity (Wildman–Crippen MR) is 107 cm³/mol. The van der Waals surface area contributed by atoms with Crippen molar-refractivity contribution in [2.45, 2.75) is 24.5 Å². The minimum Gasteiger partial charge on any atom is -0.369 e. The molecule has 4 heterocycles. The SMILES string of the molecule is O=C(/C=C/c1ccccc1)NC[C@H]1[C@H]2CN(c3ncccn3)C[C@]23CC[C@H]1O3.